The van der Waals surface area contributed by atoms with E-state index in [2.05, 4.69) is 14.6 Å². The van der Waals surface area contributed by atoms with Gasteiger partial charge in [-0.05, 0) is 43.3 Å². The van der Waals surface area contributed by atoms with Crippen LogP contribution in [0.1, 0.15) is 22.7 Å². The Labute approximate surface area is 273 Å². The largest absolute Gasteiger partial charge is 0.465 e. The molecule has 0 fully saturated rings. The Morgan fingerprint density at radius 1 is 1.04 bits per heavy atom. The number of anilines is 1. The molecule has 0 saturated carbocycles. The number of alkyl halides is 2. The third kappa shape index (κ3) is 8.82. The molecule has 0 amide bonds. The molecule has 0 bridgehead atoms. The summed E-state index contributed by atoms with van der Waals surface area (Å²) in [7, 11) is -2.51. The van der Waals surface area contributed by atoms with Crippen molar-refractivity contribution in [3.05, 3.63) is 101 Å². The molecule has 0 radical (unpaired) electrons. The van der Waals surface area contributed by atoms with E-state index in [1.54, 1.807) is 12.1 Å². The van der Waals surface area contributed by atoms with Crippen LogP contribution in [0, 0.1) is 17.0 Å². The Morgan fingerprint density at radius 3 is 2.24 bits per heavy atom. The minimum Gasteiger partial charge on any atom is -0.465 e. The number of nitro benzene ring substituents is 1. The number of carbonyl (C=O) groups is 1. The number of benzene rings is 3. The Balaban J connectivity index is 0.000000246. The fourth-order valence-corrected chi connectivity index (χ4v) is 5.11. The number of hydrogen-bond acceptors (Lipinski definition) is 9. The van der Waals surface area contributed by atoms with E-state index in [1.807, 2.05) is 0 Å². The van der Waals surface area contributed by atoms with Crippen LogP contribution < -0.4 is 15.1 Å². The number of halogens is 6. The summed E-state index contributed by atoms with van der Waals surface area (Å²) in [5, 5.41) is 15.3. The van der Waals surface area contributed by atoms with Crippen LogP contribution >= 0.6 is 46.4 Å². The van der Waals surface area contributed by atoms with Gasteiger partial charge in [-0.3, -0.25) is 14.8 Å². The van der Waals surface area contributed by atoms with Gasteiger partial charge in [0, 0.05) is 17.2 Å². The predicted octanol–water partition coefficient (Wildman–Crippen LogP) is 6.90. The minimum absolute atomic E-state index is 0.0257. The number of aryl methyl sites for hydroxylation is 1. The summed E-state index contributed by atoms with van der Waals surface area (Å²) < 4.78 is 61.3. The number of esters is 1. The molecule has 240 valence electrons. The van der Waals surface area contributed by atoms with Gasteiger partial charge in [0.1, 0.15) is 22.9 Å². The lowest BCUT2D eigenvalue weighted by atomic mass is 10.1. The van der Waals surface area contributed by atoms with Crippen LogP contribution in [0.4, 0.5) is 20.2 Å². The van der Waals surface area contributed by atoms with Crippen molar-refractivity contribution in [2.45, 2.75) is 13.5 Å². The van der Waals surface area contributed by atoms with E-state index in [-0.39, 0.29) is 53.8 Å². The first kappa shape index (κ1) is 35.5. The maximum absolute atomic E-state index is 12.8. The van der Waals surface area contributed by atoms with Crippen molar-refractivity contribution < 1.29 is 36.4 Å². The number of methoxy groups -OCH3 is 1. The molecule has 0 atom stereocenters. The molecule has 4 aromatic rings. The van der Waals surface area contributed by atoms with E-state index in [4.69, 9.17) is 51.1 Å². The second-order valence-corrected chi connectivity index (χ2v) is 12.1. The lowest BCUT2D eigenvalue weighted by Crippen LogP contribution is -2.25. The zero-order valence-corrected chi connectivity index (χ0v) is 26.8. The molecule has 0 spiro atoms. The molecule has 45 heavy (non-hydrogen) atoms. The summed E-state index contributed by atoms with van der Waals surface area (Å²) in [5.41, 5.74) is -1.86. The molecule has 13 nitrogen and oxygen atoms in total. The molecule has 1 N–H and O–H groups in total. The van der Waals surface area contributed by atoms with Gasteiger partial charge < -0.3 is 9.47 Å². The second-order valence-electron chi connectivity index (χ2n) is 8.65. The van der Waals surface area contributed by atoms with Crippen molar-refractivity contribution in [2.75, 3.05) is 18.1 Å². The van der Waals surface area contributed by atoms with Crippen molar-refractivity contribution in [1.82, 2.24) is 14.3 Å². The lowest BCUT2D eigenvalue weighted by molar-refractivity contribution is -0.385. The van der Waals surface area contributed by atoms with Gasteiger partial charge in [-0.25, -0.2) is 22.6 Å². The van der Waals surface area contributed by atoms with E-state index in [9.17, 15) is 36.9 Å². The normalized spacial score (nSPS) is 11.1. The molecule has 0 unspecified atom stereocenters. The van der Waals surface area contributed by atoms with Crippen LogP contribution in [0.3, 0.4) is 0 Å². The van der Waals surface area contributed by atoms with Crippen molar-refractivity contribution in [2.24, 2.45) is 0 Å². The average molecular weight is 729 g/mol. The minimum atomic E-state index is -3.65. The molecular formula is C25H19Cl4F2N5O8S. The summed E-state index contributed by atoms with van der Waals surface area (Å²) >= 11 is 23.6. The maximum atomic E-state index is 12.8. The van der Waals surface area contributed by atoms with E-state index in [0.717, 1.165) is 25.5 Å². The van der Waals surface area contributed by atoms with Crippen LogP contribution in [0.25, 0.3) is 5.69 Å². The van der Waals surface area contributed by atoms with E-state index >= 15 is 0 Å². The second kappa shape index (κ2) is 14.4. The van der Waals surface area contributed by atoms with Crippen LogP contribution in [-0.2, 0) is 14.8 Å². The van der Waals surface area contributed by atoms with Crippen molar-refractivity contribution in [3.8, 4) is 17.2 Å². The number of nitro groups is 1. The Bertz CT molecular complexity index is 1950. The summed E-state index contributed by atoms with van der Waals surface area (Å²) in [6, 6.07) is 10.7. The van der Waals surface area contributed by atoms with Crippen LogP contribution in [0.2, 0.25) is 20.1 Å². The molecule has 20 heteroatoms. The van der Waals surface area contributed by atoms with Crippen molar-refractivity contribution in [1.29, 1.82) is 0 Å². The summed E-state index contributed by atoms with van der Waals surface area (Å²) in [4.78, 5) is 33.9. The first-order valence-electron chi connectivity index (χ1n) is 11.9. The van der Waals surface area contributed by atoms with E-state index in [0.29, 0.717) is 15.5 Å². The predicted molar refractivity (Wildman–Crippen MR) is 163 cm³/mol. The molecule has 1 heterocycles. The number of hydrogen-bond donors (Lipinski definition) is 1. The van der Waals surface area contributed by atoms with Gasteiger partial charge in [-0.15, -0.1) is 5.10 Å². The van der Waals surface area contributed by atoms with Gasteiger partial charge in [0.25, 0.3) is 5.69 Å². The maximum Gasteiger partial charge on any atom is 0.355 e. The fourth-order valence-electron chi connectivity index (χ4n) is 3.53. The number of nitrogens with one attached hydrogen (secondary N) is 1. The van der Waals surface area contributed by atoms with E-state index in [1.165, 1.54) is 31.2 Å². The standard InChI is InChI=1S/C14H9Cl2NO5.C11H10Cl2F2N4O3S/c1-21-14(18)10-7-9(3-4-12(10)17(19)20)22-13-5-2-8(15)6-11(13)16;1-5-16-19(11(20)18(5)10(14)15)9-4-8(17-23(2,21)22)6(12)3-7(9)13/h2-7H,1H3;3-4,10,17H,1-2H3. The number of aromatic nitrogens is 3. The third-order valence-corrected chi connectivity index (χ3v) is 7.16. The molecule has 0 aliphatic carbocycles. The van der Waals surface area contributed by atoms with Crippen molar-refractivity contribution in [3.63, 3.8) is 0 Å². The first-order valence-corrected chi connectivity index (χ1v) is 15.3. The molecule has 3 aromatic carbocycles. The molecule has 4 rings (SSSR count). The van der Waals surface area contributed by atoms with Gasteiger partial charge in [0.2, 0.25) is 10.0 Å². The fraction of sp³-hybridized carbons (Fsp3) is 0.160. The summed E-state index contributed by atoms with van der Waals surface area (Å²) in [6.07, 6.45) is 0.902. The van der Waals surface area contributed by atoms with Crippen LogP contribution in [-0.4, -0.2) is 47.0 Å². The van der Waals surface area contributed by atoms with Crippen LogP contribution in [0.15, 0.2) is 53.3 Å². The van der Waals surface area contributed by atoms with Crippen LogP contribution in [0.5, 0.6) is 11.5 Å². The molecule has 0 saturated heterocycles. The van der Waals surface area contributed by atoms with Gasteiger partial charge >= 0.3 is 18.2 Å². The van der Waals surface area contributed by atoms with Gasteiger partial charge in [-0.2, -0.15) is 13.5 Å². The SMILES string of the molecule is COC(=O)c1cc(Oc2ccc(Cl)cc2Cl)ccc1[N+](=O)[O-].Cc1nn(-c2cc(NS(C)(=O)=O)c(Cl)cc2Cl)c(=O)n1C(F)F. The Kier molecular flexibility index (Phi) is 11.4. The third-order valence-electron chi connectivity index (χ3n) is 5.43. The topological polar surface area (TPSA) is 165 Å². The zero-order chi connectivity index (χ0) is 33.8. The highest BCUT2D eigenvalue weighted by atomic mass is 35.5. The number of carbonyl (C=O) groups excluding carboxylic acids is 1. The smallest absolute Gasteiger partial charge is 0.355 e. The Morgan fingerprint density at radius 2 is 1.71 bits per heavy atom. The summed E-state index contributed by atoms with van der Waals surface area (Å²) in [6.45, 7) is -1.85. The highest BCUT2D eigenvalue weighted by Gasteiger charge is 2.23. The first-order chi connectivity index (χ1) is 20.9. The number of ether oxygens (including phenoxy) is 2. The highest BCUT2D eigenvalue weighted by Crippen LogP contribution is 2.34. The quantitative estimate of drug-likeness (QED) is 0.115. The highest BCUT2D eigenvalue weighted by molar-refractivity contribution is 7.92. The number of rotatable bonds is 8. The van der Waals surface area contributed by atoms with Gasteiger partial charge in [-0.1, -0.05) is 46.4 Å². The zero-order valence-electron chi connectivity index (χ0n) is 22.9. The Hall–Kier alpha value is -3.96. The molecular weight excluding hydrogens is 710 g/mol. The number of sulfonamides is 1. The van der Waals surface area contributed by atoms with Gasteiger partial charge in [0.05, 0.1) is 44.7 Å². The lowest BCUT2D eigenvalue weighted by Gasteiger charge is -2.10. The number of nitrogens with zero attached hydrogens (tertiary/aromatic N) is 4. The van der Waals surface area contributed by atoms with Crippen molar-refractivity contribution >= 4 is 73.8 Å². The molecule has 0 aliphatic heterocycles. The summed E-state index contributed by atoms with van der Waals surface area (Å²) in [5.74, 6) is -0.557. The molecule has 0 aliphatic rings. The average Bonchev–Trinajstić information content (AvgIpc) is 3.24. The monoisotopic (exact) mass is 727 g/mol. The van der Waals surface area contributed by atoms with E-state index < -0.39 is 33.2 Å². The van der Waals surface area contributed by atoms with Gasteiger partial charge in [0.15, 0.2) is 0 Å². The molecule has 1 aromatic heterocycles.